The minimum atomic E-state index is -0.159. The number of nitrogens with zero attached hydrogens (tertiary/aromatic N) is 4. The molecule has 2 amide bonds. The molecule has 0 aromatic carbocycles. The summed E-state index contributed by atoms with van der Waals surface area (Å²) in [5, 5.41) is 0. The zero-order valence-electron chi connectivity index (χ0n) is 14.1. The topological polar surface area (TPSA) is 66.0 Å². The lowest BCUT2D eigenvalue weighted by Gasteiger charge is -2.40. The summed E-state index contributed by atoms with van der Waals surface area (Å²) in [4.78, 5) is 34.3. The minimum Gasteiger partial charge on any atom is -0.469 e. The zero-order valence-corrected chi connectivity index (χ0v) is 14.1. The predicted octanol–water partition coefficient (Wildman–Crippen LogP) is 1.21. The van der Waals surface area contributed by atoms with Gasteiger partial charge < -0.3 is 19.4 Å². The number of anilines is 1. The Morgan fingerprint density at radius 2 is 1.58 bits per heavy atom. The molecule has 7 heteroatoms. The first kappa shape index (κ1) is 16.5. The van der Waals surface area contributed by atoms with Crippen molar-refractivity contribution in [2.45, 2.75) is 12.8 Å². The van der Waals surface area contributed by atoms with E-state index in [9.17, 15) is 9.59 Å². The second kappa shape index (κ2) is 7.51. The van der Waals surface area contributed by atoms with Crippen LogP contribution in [0.5, 0.6) is 0 Å². The lowest BCUT2D eigenvalue weighted by Crippen LogP contribution is -2.54. The Balaban J connectivity index is 1.48. The molecule has 0 spiro atoms. The summed E-state index contributed by atoms with van der Waals surface area (Å²) in [6.07, 6.45) is 4.96. The number of carbonyl (C=O) groups excluding carboxylic acids is 2. The van der Waals surface area contributed by atoms with Gasteiger partial charge in [0.25, 0.3) is 0 Å². The van der Waals surface area contributed by atoms with Crippen LogP contribution in [0.2, 0.25) is 0 Å². The third-order valence-electron chi connectivity index (χ3n) is 4.88. The van der Waals surface area contributed by atoms with Crippen molar-refractivity contribution in [3.05, 3.63) is 24.5 Å². The minimum absolute atomic E-state index is 0.0670. The van der Waals surface area contributed by atoms with Gasteiger partial charge in [0.05, 0.1) is 13.0 Å². The van der Waals surface area contributed by atoms with E-state index >= 15 is 0 Å². The Morgan fingerprint density at radius 1 is 1.00 bits per heavy atom. The molecule has 0 atom stereocenters. The number of carbonyl (C=O) groups is 2. The Bertz CT molecular complexity index is 564. The van der Waals surface area contributed by atoms with E-state index in [-0.39, 0.29) is 17.9 Å². The van der Waals surface area contributed by atoms with E-state index in [4.69, 9.17) is 4.74 Å². The molecular weight excluding hydrogens is 308 g/mol. The number of urea groups is 1. The van der Waals surface area contributed by atoms with Crippen molar-refractivity contribution in [2.75, 3.05) is 51.3 Å². The number of methoxy groups -OCH3 is 1. The van der Waals surface area contributed by atoms with E-state index in [1.807, 2.05) is 21.9 Å². The number of amides is 2. The van der Waals surface area contributed by atoms with E-state index < -0.39 is 0 Å². The number of pyridine rings is 1. The molecule has 24 heavy (non-hydrogen) atoms. The molecule has 3 heterocycles. The molecule has 3 rings (SSSR count). The Hall–Kier alpha value is -2.31. The van der Waals surface area contributed by atoms with E-state index in [0.717, 1.165) is 31.9 Å². The summed E-state index contributed by atoms with van der Waals surface area (Å²) in [7, 11) is 1.42. The fourth-order valence-electron chi connectivity index (χ4n) is 3.38. The number of hydrogen-bond donors (Lipinski definition) is 0. The molecule has 1 aromatic heterocycles. The highest BCUT2D eigenvalue weighted by molar-refractivity contribution is 5.76. The van der Waals surface area contributed by atoms with Gasteiger partial charge in [-0.2, -0.15) is 0 Å². The molecule has 2 fully saturated rings. The van der Waals surface area contributed by atoms with Crippen LogP contribution in [0.25, 0.3) is 0 Å². The largest absolute Gasteiger partial charge is 0.469 e. The van der Waals surface area contributed by atoms with Gasteiger partial charge in [0.2, 0.25) is 0 Å². The van der Waals surface area contributed by atoms with Crippen molar-refractivity contribution < 1.29 is 14.3 Å². The highest BCUT2D eigenvalue weighted by Crippen LogP contribution is 2.21. The molecule has 130 valence electrons. The molecule has 1 aromatic rings. The Morgan fingerprint density at radius 3 is 2.17 bits per heavy atom. The van der Waals surface area contributed by atoms with Crippen molar-refractivity contribution in [1.29, 1.82) is 0 Å². The van der Waals surface area contributed by atoms with E-state index in [1.165, 1.54) is 7.11 Å². The maximum atomic E-state index is 12.6. The molecule has 2 aliphatic rings. The predicted molar refractivity (Wildman–Crippen MR) is 89.7 cm³/mol. The standard InChI is InChI=1S/C17H24N4O3/c1-24-16(22)14-4-8-20(9-5-14)17(23)21-12-10-19(11-13-21)15-2-6-18-7-3-15/h2-3,6-7,14H,4-5,8-13H2,1H3. The summed E-state index contributed by atoms with van der Waals surface area (Å²) in [5.74, 6) is -0.226. The van der Waals surface area contributed by atoms with Crippen molar-refractivity contribution >= 4 is 17.7 Å². The summed E-state index contributed by atoms with van der Waals surface area (Å²) >= 11 is 0. The molecule has 0 bridgehead atoms. The highest BCUT2D eigenvalue weighted by Gasteiger charge is 2.31. The molecule has 0 unspecified atom stereocenters. The Kier molecular flexibility index (Phi) is 5.17. The van der Waals surface area contributed by atoms with Crippen molar-refractivity contribution in [1.82, 2.24) is 14.8 Å². The molecule has 7 nitrogen and oxygen atoms in total. The third-order valence-corrected chi connectivity index (χ3v) is 4.88. The van der Waals surface area contributed by atoms with Crippen molar-refractivity contribution in [3.8, 4) is 0 Å². The SMILES string of the molecule is COC(=O)C1CCN(C(=O)N2CCN(c3ccncc3)CC2)CC1. The third kappa shape index (κ3) is 3.60. The van der Waals surface area contributed by atoms with E-state index in [1.54, 1.807) is 12.4 Å². The van der Waals surface area contributed by atoms with E-state index in [2.05, 4.69) is 9.88 Å². The van der Waals surface area contributed by atoms with Gasteiger partial charge in [-0.25, -0.2) is 4.79 Å². The number of piperazine rings is 1. The van der Waals surface area contributed by atoms with Crippen molar-refractivity contribution in [2.24, 2.45) is 5.92 Å². The van der Waals surface area contributed by atoms with Gasteiger partial charge in [-0.1, -0.05) is 0 Å². The van der Waals surface area contributed by atoms with Gasteiger partial charge >= 0.3 is 12.0 Å². The second-order valence-corrected chi connectivity index (χ2v) is 6.25. The number of rotatable bonds is 2. The number of piperidine rings is 1. The van der Waals surface area contributed by atoms with Gasteiger partial charge in [-0.3, -0.25) is 9.78 Å². The normalized spacial score (nSPS) is 19.3. The first-order valence-electron chi connectivity index (χ1n) is 8.45. The van der Waals surface area contributed by atoms with Crippen LogP contribution < -0.4 is 4.90 Å². The van der Waals surface area contributed by atoms with Gasteiger partial charge in [0.1, 0.15) is 0 Å². The number of aromatic nitrogens is 1. The zero-order chi connectivity index (χ0) is 16.9. The van der Waals surface area contributed by atoms with Gasteiger partial charge in [-0.05, 0) is 25.0 Å². The molecule has 0 aliphatic carbocycles. The maximum Gasteiger partial charge on any atom is 0.320 e. The van der Waals surface area contributed by atoms with Crippen LogP contribution in [0, 0.1) is 5.92 Å². The van der Waals surface area contributed by atoms with Crippen LogP contribution in [0.15, 0.2) is 24.5 Å². The summed E-state index contributed by atoms with van der Waals surface area (Å²) in [6, 6.07) is 4.08. The van der Waals surface area contributed by atoms with Crippen LogP contribution in [-0.4, -0.2) is 73.2 Å². The lowest BCUT2D eigenvalue weighted by molar-refractivity contribution is -0.146. The van der Waals surface area contributed by atoms with Gasteiger partial charge in [-0.15, -0.1) is 0 Å². The molecule has 2 aliphatic heterocycles. The monoisotopic (exact) mass is 332 g/mol. The van der Waals surface area contributed by atoms with Crippen molar-refractivity contribution in [3.63, 3.8) is 0 Å². The number of ether oxygens (including phenoxy) is 1. The number of hydrogen-bond acceptors (Lipinski definition) is 5. The average Bonchev–Trinajstić information content (AvgIpc) is 2.68. The second-order valence-electron chi connectivity index (χ2n) is 6.25. The molecule has 0 N–H and O–H groups in total. The van der Waals surface area contributed by atoms with Crippen LogP contribution >= 0.6 is 0 Å². The fourth-order valence-corrected chi connectivity index (χ4v) is 3.38. The average molecular weight is 332 g/mol. The fraction of sp³-hybridized carbons (Fsp3) is 0.588. The van der Waals surface area contributed by atoms with Gasteiger partial charge in [0.15, 0.2) is 0 Å². The molecular formula is C17H24N4O3. The maximum absolute atomic E-state index is 12.6. The van der Waals surface area contributed by atoms with Crippen LogP contribution in [-0.2, 0) is 9.53 Å². The molecule has 0 radical (unpaired) electrons. The van der Waals surface area contributed by atoms with Crippen LogP contribution in [0.3, 0.4) is 0 Å². The number of likely N-dealkylation sites (tertiary alicyclic amines) is 1. The van der Waals surface area contributed by atoms with Crippen LogP contribution in [0.1, 0.15) is 12.8 Å². The van der Waals surface area contributed by atoms with Crippen LogP contribution in [0.4, 0.5) is 10.5 Å². The first-order valence-corrected chi connectivity index (χ1v) is 8.45. The summed E-state index contributed by atoms with van der Waals surface area (Å²) < 4.78 is 4.79. The highest BCUT2D eigenvalue weighted by atomic mass is 16.5. The van der Waals surface area contributed by atoms with E-state index in [0.29, 0.717) is 25.9 Å². The quantitative estimate of drug-likeness (QED) is 0.762. The summed E-state index contributed by atoms with van der Waals surface area (Å²) in [5.41, 5.74) is 1.15. The summed E-state index contributed by atoms with van der Waals surface area (Å²) in [6.45, 7) is 4.35. The number of esters is 1. The smallest absolute Gasteiger partial charge is 0.320 e. The Labute approximate surface area is 142 Å². The molecule has 2 saturated heterocycles. The van der Waals surface area contributed by atoms with Gasteiger partial charge in [0, 0.05) is 57.3 Å². The lowest BCUT2D eigenvalue weighted by atomic mass is 9.97. The molecule has 0 saturated carbocycles. The first-order chi connectivity index (χ1) is 11.7.